The molecule has 3 aromatic rings. The van der Waals surface area contributed by atoms with Crippen molar-refractivity contribution >= 4 is 23.1 Å². The largest absolute Gasteiger partial charge is 0.340 e. The fourth-order valence-electron chi connectivity index (χ4n) is 2.02. The summed E-state index contributed by atoms with van der Waals surface area (Å²) < 4.78 is 1.90. The summed E-state index contributed by atoms with van der Waals surface area (Å²) in [5, 5.41) is 8.45. The van der Waals surface area contributed by atoms with Crippen LogP contribution >= 0.6 is 11.6 Å². The molecule has 0 saturated carbocycles. The highest BCUT2D eigenvalue weighted by molar-refractivity contribution is 6.31. The van der Waals surface area contributed by atoms with Crippen molar-refractivity contribution in [2.45, 2.75) is 6.54 Å². The molecule has 0 aliphatic heterocycles. The first kappa shape index (κ1) is 12.8. The van der Waals surface area contributed by atoms with Crippen LogP contribution in [0.25, 0.3) is 0 Å². The van der Waals surface area contributed by atoms with Crippen LogP contribution in [0.2, 0.25) is 5.02 Å². The molecule has 0 bridgehead atoms. The van der Waals surface area contributed by atoms with E-state index in [2.05, 4.69) is 10.4 Å². The van der Waals surface area contributed by atoms with E-state index < -0.39 is 0 Å². The molecule has 0 atom stereocenters. The minimum atomic E-state index is 0.641. The zero-order valence-electron chi connectivity index (χ0n) is 10.8. The maximum atomic E-state index is 6.19. The Hall–Kier alpha value is -2.26. The van der Waals surface area contributed by atoms with Gasteiger partial charge in [0.15, 0.2) is 0 Å². The van der Waals surface area contributed by atoms with Crippen LogP contribution < -0.4 is 5.32 Å². The monoisotopic (exact) mass is 283 g/mol. The molecule has 0 unspecified atom stereocenters. The van der Waals surface area contributed by atoms with Gasteiger partial charge in [-0.25, -0.2) is 4.68 Å². The second kappa shape index (κ2) is 5.80. The van der Waals surface area contributed by atoms with E-state index in [0.717, 1.165) is 22.1 Å². The summed E-state index contributed by atoms with van der Waals surface area (Å²) in [7, 11) is 0. The minimum Gasteiger partial charge on any atom is -0.340 e. The van der Waals surface area contributed by atoms with Gasteiger partial charge in [0.2, 0.25) is 0 Å². The number of hydrogen-bond donors (Lipinski definition) is 1. The highest BCUT2D eigenvalue weighted by Gasteiger charge is 2.05. The van der Waals surface area contributed by atoms with E-state index in [-0.39, 0.29) is 0 Å². The van der Waals surface area contributed by atoms with Gasteiger partial charge in [0.25, 0.3) is 0 Å². The van der Waals surface area contributed by atoms with Crippen molar-refractivity contribution < 1.29 is 0 Å². The molecular formula is C16H14ClN3. The average Bonchev–Trinajstić information content (AvgIpc) is 2.90. The number of hydrogen-bond acceptors (Lipinski definition) is 2. The molecule has 2 aromatic carbocycles. The maximum absolute atomic E-state index is 6.19. The van der Waals surface area contributed by atoms with E-state index in [0.29, 0.717) is 6.54 Å². The van der Waals surface area contributed by atoms with Crippen molar-refractivity contribution in [2.24, 2.45) is 0 Å². The molecule has 0 spiro atoms. The lowest BCUT2D eigenvalue weighted by Gasteiger charge is -2.10. The number of aromatic nitrogens is 2. The van der Waals surface area contributed by atoms with E-state index in [4.69, 9.17) is 11.6 Å². The second-order valence-corrected chi connectivity index (χ2v) is 4.86. The van der Waals surface area contributed by atoms with Crippen LogP contribution in [-0.4, -0.2) is 9.78 Å². The summed E-state index contributed by atoms with van der Waals surface area (Å²) in [5.74, 6) is 0.941. The van der Waals surface area contributed by atoms with Crippen molar-refractivity contribution in [3.8, 4) is 0 Å². The maximum Gasteiger partial charge on any atom is 0.129 e. The summed E-state index contributed by atoms with van der Waals surface area (Å²) >= 11 is 6.19. The van der Waals surface area contributed by atoms with Gasteiger partial charge in [-0.2, -0.15) is 5.10 Å². The number of anilines is 2. The van der Waals surface area contributed by atoms with E-state index in [9.17, 15) is 0 Å². The van der Waals surface area contributed by atoms with Gasteiger partial charge in [-0.15, -0.1) is 0 Å². The zero-order chi connectivity index (χ0) is 13.8. The molecule has 1 N–H and O–H groups in total. The summed E-state index contributed by atoms with van der Waals surface area (Å²) in [6.07, 6.45) is 1.78. The molecule has 0 saturated heterocycles. The van der Waals surface area contributed by atoms with Crippen LogP contribution in [0, 0.1) is 0 Å². The lowest BCUT2D eigenvalue weighted by molar-refractivity contribution is 0.695. The minimum absolute atomic E-state index is 0.641. The van der Waals surface area contributed by atoms with Crippen LogP contribution in [0.1, 0.15) is 5.56 Å². The normalized spacial score (nSPS) is 10.4. The highest BCUT2D eigenvalue weighted by Crippen LogP contribution is 2.20. The Morgan fingerprint density at radius 3 is 2.50 bits per heavy atom. The Bertz CT molecular complexity index is 692. The van der Waals surface area contributed by atoms with Crippen LogP contribution in [-0.2, 0) is 6.54 Å². The first-order valence-electron chi connectivity index (χ1n) is 6.40. The number of benzene rings is 2. The molecule has 0 radical (unpaired) electrons. The summed E-state index contributed by atoms with van der Waals surface area (Å²) in [6, 6.07) is 19.8. The lowest BCUT2D eigenvalue weighted by atomic mass is 10.2. The fraction of sp³-hybridized carbons (Fsp3) is 0.0625. The van der Waals surface area contributed by atoms with Crippen LogP contribution in [0.5, 0.6) is 0 Å². The van der Waals surface area contributed by atoms with Gasteiger partial charge in [-0.3, -0.25) is 0 Å². The van der Waals surface area contributed by atoms with Crippen molar-refractivity contribution in [1.29, 1.82) is 0 Å². The molecule has 0 aliphatic rings. The third kappa shape index (κ3) is 2.83. The van der Waals surface area contributed by atoms with Gasteiger partial charge in [0, 0.05) is 16.8 Å². The van der Waals surface area contributed by atoms with Crippen molar-refractivity contribution in [3.63, 3.8) is 0 Å². The first-order valence-corrected chi connectivity index (χ1v) is 6.78. The number of nitrogens with one attached hydrogen (secondary N) is 1. The number of halogens is 1. The molecule has 4 heteroatoms. The summed E-state index contributed by atoms with van der Waals surface area (Å²) in [5.41, 5.74) is 2.09. The van der Waals surface area contributed by atoms with Gasteiger partial charge < -0.3 is 5.32 Å². The first-order chi connectivity index (χ1) is 9.83. The fourth-order valence-corrected chi connectivity index (χ4v) is 2.22. The van der Waals surface area contributed by atoms with Crippen LogP contribution in [0.15, 0.2) is 66.9 Å². The van der Waals surface area contributed by atoms with E-state index in [1.54, 1.807) is 6.20 Å². The van der Waals surface area contributed by atoms with Crippen LogP contribution in [0.3, 0.4) is 0 Å². The quantitative estimate of drug-likeness (QED) is 0.772. The van der Waals surface area contributed by atoms with Crippen molar-refractivity contribution in [1.82, 2.24) is 9.78 Å². The lowest BCUT2D eigenvalue weighted by Crippen LogP contribution is -2.06. The Kier molecular flexibility index (Phi) is 3.70. The van der Waals surface area contributed by atoms with Gasteiger partial charge in [0.1, 0.15) is 5.82 Å². The SMILES string of the molecule is Clc1ccccc1Cn1nccc1Nc1ccccc1. The summed E-state index contributed by atoms with van der Waals surface area (Å²) in [4.78, 5) is 0. The highest BCUT2D eigenvalue weighted by atomic mass is 35.5. The average molecular weight is 284 g/mol. The molecule has 0 amide bonds. The van der Waals surface area contributed by atoms with Crippen LogP contribution in [0.4, 0.5) is 11.5 Å². The molecule has 3 nitrogen and oxygen atoms in total. The van der Waals surface area contributed by atoms with Crippen molar-refractivity contribution in [3.05, 3.63) is 77.4 Å². The standard InChI is InChI=1S/C16H14ClN3/c17-15-9-5-4-6-13(15)12-20-16(10-11-18-20)19-14-7-2-1-3-8-14/h1-11,19H,12H2. The molecule has 3 rings (SSSR count). The third-order valence-corrected chi connectivity index (χ3v) is 3.41. The van der Waals surface area contributed by atoms with Crippen molar-refractivity contribution in [2.75, 3.05) is 5.32 Å². The molecular weight excluding hydrogens is 270 g/mol. The Balaban J connectivity index is 1.82. The molecule has 1 aromatic heterocycles. The second-order valence-electron chi connectivity index (χ2n) is 4.46. The molecule has 1 heterocycles. The molecule has 100 valence electrons. The van der Waals surface area contributed by atoms with E-state index >= 15 is 0 Å². The number of para-hydroxylation sites is 1. The molecule has 0 fully saturated rings. The van der Waals surface area contributed by atoms with E-state index in [1.165, 1.54) is 0 Å². The number of nitrogens with zero attached hydrogens (tertiary/aromatic N) is 2. The van der Waals surface area contributed by atoms with Gasteiger partial charge in [0.05, 0.1) is 12.7 Å². The van der Waals surface area contributed by atoms with Gasteiger partial charge in [-0.05, 0) is 23.8 Å². The zero-order valence-corrected chi connectivity index (χ0v) is 11.6. The predicted molar refractivity (Wildman–Crippen MR) is 82.5 cm³/mol. The van der Waals surface area contributed by atoms with Gasteiger partial charge in [-0.1, -0.05) is 48.0 Å². The predicted octanol–water partition coefficient (Wildman–Crippen LogP) is 4.33. The smallest absolute Gasteiger partial charge is 0.129 e. The summed E-state index contributed by atoms with van der Waals surface area (Å²) in [6.45, 7) is 0.641. The number of rotatable bonds is 4. The Labute approximate surface area is 122 Å². The topological polar surface area (TPSA) is 29.9 Å². The third-order valence-electron chi connectivity index (χ3n) is 3.04. The Morgan fingerprint density at radius 1 is 0.950 bits per heavy atom. The van der Waals surface area contributed by atoms with Gasteiger partial charge >= 0.3 is 0 Å². The Morgan fingerprint density at radius 2 is 1.70 bits per heavy atom. The van der Waals surface area contributed by atoms with E-state index in [1.807, 2.05) is 65.3 Å². The molecule has 20 heavy (non-hydrogen) atoms. The molecule has 0 aliphatic carbocycles.